The molecule has 31 heavy (non-hydrogen) atoms. The molecule has 0 atom stereocenters. The fraction of sp³-hybridized carbons (Fsp3) is 0.350. The molecule has 3 rings (SSSR count). The molecule has 1 fully saturated rings. The second-order valence-corrected chi connectivity index (χ2v) is 7.08. The van der Waals surface area contributed by atoms with Crippen molar-refractivity contribution in [3.63, 3.8) is 0 Å². The van der Waals surface area contributed by atoms with Crippen molar-refractivity contribution >= 4 is 23.0 Å². The Morgan fingerprint density at radius 3 is 2.45 bits per heavy atom. The molecule has 1 amide bonds. The Labute approximate surface area is 176 Å². The van der Waals surface area contributed by atoms with E-state index in [4.69, 9.17) is 4.74 Å². The van der Waals surface area contributed by atoms with Crippen LogP contribution >= 0.6 is 0 Å². The van der Waals surface area contributed by atoms with Crippen molar-refractivity contribution in [2.24, 2.45) is 0 Å². The van der Waals surface area contributed by atoms with Gasteiger partial charge in [-0.2, -0.15) is 0 Å². The molecule has 0 aromatic heterocycles. The first-order valence-corrected chi connectivity index (χ1v) is 9.45. The second-order valence-electron chi connectivity index (χ2n) is 7.08. The Kier molecular flexibility index (Phi) is 6.64. The van der Waals surface area contributed by atoms with Crippen LogP contribution in [-0.4, -0.2) is 55.6 Å². The molecule has 1 N–H and O–H groups in total. The van der Waals surface area contributed by atoms with Crippen molar-refractivity contribution in [2.45, 2.75) is 6.92 Å². The van der Waals surface area contributed by atoms with Crippen molar-refractivity contribution in [2.75, 3.05) is 50.1 Å². The third-order valence-corrected chi connectivity index (χ3v) is 5.11. The minimum atomic E-state index is -1.20. The molecular weight excluding hydrogens is 417 g/mol. The van der Waals surface area contributed by atoms with E-state index in [1.165, 1.54) is 32.2 Å². The molecule has 0 spiro atoms. The Bertz CT molecular complexity index is 1010. The largest absolute Gasteiger partial charge is 0.496 e. The number of halogens is 3. The van der Waals surface area contributed by atoms with E-state index in [1.807, 2.05) is 0 Å². The number of nitro groups is 1. The van der Waals surface area contributed by atoms with Crippen LogP contribution in [0.25, 0.3) is 0 Å². The predicted molar refractivity (Wildman–Crippen MR) is 108 cm³/mol. The van der Waals surface area contributed by atoms with Crippen molar-refractivity contribution in [1.82, 2.24) is 4.90 Å². The number of carbonyl (C=O) groups is 1. The van der Waals surface area contributed by atoms with Crippen LogP contribution in [-0.2, 0) is 4.79 Å². The average Bonchev–Trinajstić information content (AvgIpc) is 2.75. The highest BCUT2D eigenvalue weighted by Gasteiger charge is 2.25. The minimum absolute atomic E-state index is 0.0191. The van der Waals surface area contributed by atoms with Crippen molar-refractivity contribution in [1.29, 1.82) is 0 Å². The standard InChI is InChI=1S/C20H21F3N4O4/c1-12-19(22)14(21)10-17(20(12)23)26-7-5-25(6-8-26)11-18(28)24-15-4-3-13(31-2)9-16(15)27(29)30/h3-4,9-10H,5-8,11H2,1-2H3,(H,24,28). The van der Waals surface area contributed by atoms with Gasteiger partial charge in [0.15, 0.2) is 17.5 Å². The molecule has 0 unspecified atom stereocenters. The monoisotopic (exact) mass is 438 g/mol. The van der Waals surface area contributed by atoms with Gasteiger partial charge in [-0.15, -0.1) is 0 Å². The van der Waals surface area contributed by atoms with Crippen molar-refractivity contribution < 1.29 is 27.6 Å². The lowest BCUT2D eigenvalue weighted by atomic mass is 10.1. The number of carbonyl (C=O) groups excluding carboxylic acids is 1. The zero-order valence-electron chi connectivity index (χ0n) is 17.0. The van der Waals surface area contributed by atoms with Crippen LogP contribution in [0.3, 0.4) is 0 Å². The van der Waals surface area contributed by atoms with Gasteiger partial charge in [-0.25, -0.2) is 13.2 Å². The van der Waals surface area contributed by atoms with Crippen molar-refractivity contribution in [3.8, 4) is 5.75 Å². The summed E-state index contributed by atoms with van der Waals surface area (Å²) in [6.45, 7) is 2.49. The summed E-state index contributed by atoms with van der Waals surface area (Å²) < 4.78 is 46.5. The summed E-state index contributed by atoms with van der Waals surface area (Å²) in [5.41, 5.74) is -0.636. The number of methoxy groups -OCH3 is 1. The summed E-state index contributed by atoms with van der Waals surface area (Å²) in [6.07, 6.45) is 0. The fourth-order valence-corrected chi connectivity index (χ4v) is 3.38. The van der Waals surface area contributed by atoms with E-state index in [1.54, 1.807) is 9.80 Å². The molecule has 11 heteroatoms. The third kappa shape index (κ3) is 4.88. The van der Waals surface area contributed by atoms with Crippen LogP contribution in [0.4, 0.5) is 30.2 Å². The number of piperazine rings is 1. The number of hydrogen-bond donors (Lipinski definition) is 1. The maximum atomic E-state index is 14.3. The van der Waals surface area contributed by atoms with E-state index in [0.717, 1.165) is 6.07 Å². The number of nitrogens with one attached hydrogen (secondary N) is 1. The number of anilines is 2. The maximum Gasteiger partial charge on any atom is 0.296 e. The van der Waals surface area contributed by atoms with Crippen LogP contribution in [0.5, 0.6) is 5.75 Å². The molecule has 1 aliphatic heterocycles. The number of rotatable bonds is 6. The average molecular weight is 438 g/mol. The topological polar surface area (TPSA) is 88.0 Å². The molecule has 0 radical (unpaired) electrons. The molecule has 1 heterocycles. The molecule has 1 aliphatic rings. The first-order chi connectivity index (χ1) is 14.7. The van der Waals surface area contributed by atoms with Crippen LogP contribution in [0.2, 0.25) is 0 Å². The molecule has 166 valence electrons. The molecule has 2 aromatic carbocycles. The normalized spacial score (nSPS) is 14.4. The molecule has 0 bridgehead atoms. The van der Waals surface area contributed by atoms with Crippen LogP contribution < -0.4 is 15.0 Å². The van der Waals surface area contributed by atoms with Gasteiger partial charge < -0.3 is 15.0 Å². The lowest BCUT2D eigenvalue weighted by Crippen LogP contribution is -2.49. The lowest BCUT2D eigenvalue weighted by Gasteiger charge is -2.36. The Morgan fingerprint density at radius 1 is 1.16 bits per heavy atom. The smallest absolute Gasteiger partial charge is 0.296 e. The van der Waals surface area contributed by atoms with E-state index in [-0.39, 0.29) is 29.2 Å². The number of hydrogen-bond acceptors (Lipinski definition) is 6. The Morgan fingerprint density at radius 2 is 1.84 bits per heavy atom. The van der Waals surface area contributed by atoms with E-state index < -0.39 is 28.3 Å². The van der Waals surface area contributed by atoms with Gasteiger partial charge in [-0.1, -0.05) is 0 Å². The fourth-order valence-electron chi connectivity index (χ4n) is 3.38. The summed E-state index contributed by atoms with van der Waals surface area (Å²) in [7, 11) is 1.38. The summed E-state index contributed by atoms with van der Waals surface area (Å²) in [6, 6.07) is 4.94. The summed E-state index contributed by atoms with van der Waals surface area (Å²) in [5.74, 6) is -3.28. The molecular formula is C20H21F3N4O4. The molecule has 2 aromatic rings. The third-order valence-electron chi connectivity index (χ3n) is 5.11. The SMILES string of the molecule is COc1ccc(NC(=O)CN2CCN(c3cc(F)c(F)c(C)c3F)CC2)c([N+](=O)[O-])c1. The van der Waals surface area contributed by atoms with Gasteiger partial charge in [0.05, 0.1) is 30.3 Å². The minimum Gasteiger partial charge on any atom is -0.496 e. The highest BCUT2D eigenvalue weighted by atomic mass is 19.2. The van der Waals surface area contributed by atoms with Crippen LogP contribution in [0, 0.1) is 34.5 Å². The maximum absolute atomic E-state index is 14.3. The Balaban J connectivity index is 1.61. The van der Waals surface area contributed by atoms with E-state index in [0.29, 0.717) is 31.9 Å². The van der Waals surface area contributed by atoms with E-state index in [2.05, 4.69) is 5.32 Å². The zero-order valence-corrected chi connectivity index (χ0v) is 17.0. The van der Waals surface area contributed by atoms with E-state index >= 15 is 0 Å². The van der Waals surface area contributed by atoms with Gasteiger partial charge in [0.25, 0.3) is 5.69 Å². The van der Waals surface area contributed by atoms with Gasteiger partial charge >= 0.3 is 0 Å². The molecule has 0 aliphatic carbocycles. The van der Waals surface area contributed by atoms with E-state index in [9.17, 15) is 28.1 Å². The summed E-state index contributed by atoms with van der Waals surface area (Å²) >= 11 is 0. The van der Waals surface area contributed by atoms with Gasteiger partial charge in [-0.3, -0.25) is 19.8 Å². The van der Waals surface area contributed by atoms with Gasteiger partial charge in [-0.05, 0) is 19.1 Å². The first-order valence-electron chi connectivity index (χ1n) is 9.45. The first kappa shape index (κ1) is 22.3. The number of ether oxygens (including phenoxy) is 1. The summed E-state index contributed by atoms with van der Waals surface area (Å²) in [5, 5.41) is 13.8. The predicted octanol–water partition coefficient (Wildman–Crippen LogP) is 3.09. The van der Waals surface area contributed by atoms with Gasteiger partial charge in [0.1, 0.15) is 11.4 Å². The van der Waals surface area contributed by atoms with Crippen LogP contribution in [0.1, 0.15) is 5.56 Å². The Hall–Kier alpha value is -3.34. The highest BCUT2D eigenvalue weighted by molar-refractivity contribution is 5.94. The second kappa shape index (κ2) is 9.21. The molecule has 0 saturated carbocycles. The van der Waals surface area contributed by atoms with Crippen molar-refractivity contribution in [3.05, 3.63) is 57.4 Å². The van der Waals surface area contributed by atoms with Crippen LogP contribution in [0.15, 0.2) is 24.3 Å². The number of nitrogens with zero attached hydrogens (tertiary/aromatic N) is 3. The zero-order chi connectivity index (χ0) is 22.7. The summed E-state index contributed by atoms with van der Waals surface area (Å²) in [4.78, 5) is 26.4. The highest BCUT2D eigenvalue weighted by Crippen LogP contribution is 2.29. The van der Waals surface area contributed by atoms with Gasteiger partial charge in [0, 0.05) is 37.8 Å². The number of nitro benzene ring substituents is 1. The lowest BCUT2D eigenvalue weighted by molar-refractivity contribution is -0.384. The molecule has 1 saturated heterocycles. The number of benzene rings is 2. The van der Waals surface area contributed by atoms with Gasteiger partial charge in [0.2, 0.25) is 5.91 Å². The quantitative estimate of drug-likeness (QED) is 0.424. The number of amides is 1. The molecule has 8 nitrogen and oxygen atoms in total.